The number of aromatic nitrogens is 2. The fourth-order valence-corrected chi connectivity index (χ4v) is 5.79. The van der Waals surface area contributed by atoms with Crippen molar-refractivity contribution in [2.45, 2.75) is 23.8 Å². The molecule has 0 bridgehead atoms. The molecule has 1 fully saturated rings. The van der Waals surface area contributed by atoms with Crippen LogP contribution in [0.15, 0.2) is 78.0 Å². The Kier molecular flexibility index (Phi) is 6.53. The summed E-state index contributed by atoms with van der Waals surface area (Å²) in [6.45, 7) is 2.13. The number of nitrogens with one attached hydrogen (secondary N) is 1. The van der Waals surface area contributed by atoms with E-state index in [1.165, 1.54) is 18.5 Å². The smallest absolute Gasteiger partial charge is 0.158 e. The van der Waals surface area contributed by atoms with Crippen molar-refractivity contribution in [1.29, 1.82) is 5.26 Å². The quantitative estimate of drug-likeness (QED) is 0.426. The van der Waals surface area contributed by atoms with E-state index in [1.54, 1.807) is 40.6 Å². The molecule has 1 atom stereocenters. The van der Waals surface area contributed by atoms with Gasteiger partial charge >= 0.3 is 0 Å². The number of rotatable bonds is 6. The standard InChI is InChI=1S/C27H28N6OS/c1-31(2)23-12-14-32(15-13-23)24-9-7-22(8-10-24)30-27-17-25-21(19-29-27)11-16-33(25)35(34)26-6-4-3-5-20(26)18-28/h3-11,16-17,19,23H,12-15H2,1-2H3,(H,29,30). The number of anilines is 3. The van der Waals surface area contributed by atoms with E-state index in [9.17, 15) is 9.47 Å². The van der Waals surface area contributed by atoms with E-state index in [0.29, 0.717) is 22.3 Å². The van der Waals surface area contributed by atoms with E-state index in [1.807, 2.05) is 12.1 Å². The second-order valence-electron chi connectivity index (χ2n) is 8.98. The Bertz CT molecular complexity index is 1400. The molecule has 1 unspecified atom stereocenters. The molecule has 1 aliphatic rings. The van der Waals surface area contributed by atoms with Gasteiger partial charge in [0.25, 0.3) is 0 Å². The summed E-state index contributed by atoms with van der Waals surface area (Å²) >= 11 is 0. The summed E-state index contributed by atoms with van der Waals surface area (Å²) in [5, 5.41) is 13.7. The Balaban J connectivity index is 1.33. The summed E-state index contributed by atoms with van der Waals surface area (Å²) in [4.78, 5) is 9.78. The van der Waals surface area contributed by atoms with Crippen LogP contribution in [0.3, 0.4) is 0 Å². The molecule has 2 aromatic carbocycles. The van der Waals surface area contributed by atoms with E-state index in [4.69, 9.17) is 0 Å². The first-order valence-electron chi connectivity index (χ1n) is 11.7. The SMILES string of the molecule is CN(C)C1CCN(c2ccc(Nc3cc4c(ccn4S(=O)c4ccccc4C#N)cn3)cc2)CC1. The fourth-order valence-electron chi connectivity index (χ4n) is 4.58. The predicted octanol–water partition coefficient (Wildman–Crippen LogP) is 4.75. The zero-order valence-corrected chi connectivity index (χ0v) is 20.7. The molecule has 0 aliphatic carbocycles. The van der Waals surface area contributed by atoms with Crippen LogP contribution in [0.1, 0.15) is 18.4 Å². The van der Waals surface area contributed by atoms with Gasteiger partial charge in [0, 0.05) is 54.4 Å². The highest BCUT2D eigenvalue weighted by Gasteiger charge is 2.20. The Morgan fingerprint density at radius 2 is 1.83 bits per heavy atom. The Hall–Kier alpha value is -3.67. The van der Waals surface area contributed by atoms with Crippen LogP contribution in [0.5, 0.6) is 0 Å². The minimum atomic E-state index is -1.54. The lowest BCUT2D eigenvalue weighted by Gasteiger charge is -2.36. The molecule has 4 aromatic rings. The number of benzene rings is 2. The van der Waals surface area contributed by atoms with Crippen LogP contribution in [0.2, 0.25) is 0 Å². The van der Waals surface area contributed by atoms with Gasteiger partial charge in [-0.05, 0) is 69.4 Å². The van der Waals surface area contributed by atoms with Gasteiger partial charge in [-0.1, -0.05) is 12.1 Å². The maximum atomic E-state index is 13.3. The molecular formula is C27H28N6OS. The lowest BCUT2D eigenvalue weighted by molar-refractivity contribution is 0.249. The number of hydrogen-bond donors (Lipinski definition) is 1. The van der Waals surface area contributed by atoms with Crippen LogP contribution in [-0.2, 0) is 11.0 Å². The molecule has 0 spiro atoms. The number of fused-ring (bicyclic) bond motifs is 1. The van der Waals surface area contributed by atoms with Crippen molar-refractivity contribution >= 4 is 39.1 Å². The minimum Gasteiger partial charge on any atom is -0.371 e. The Morgan fingerprint density at radius 3 is 2.54 bits per heavy atom. The first-order valence-corrected chi connectivity index (χ1v) is 12.8. The average molecular weight is 485 g/mol. The van der Waals surface area contributed by atoms with Gasteiger partial charge in [-0.2, -0.15) is 5.26 Å². The van der Waals surface area contributed by atoms with Gasteiger partial charge in [0.1, 0.15) is 11.9 Å². The van der Waals surface area contributed by atoms with Crippen molar-refractivity contribution < 1.29 is 4.21 Å². The van der Waals surface area contributed by atoms with Gasteiger partial charge in [0.15, 0.2) is 11.0 Å². The number of hydrogen-bond acceptors (Lipinski definition) is 6. The number of nitrogens with zero attached hydrogens (tertiary/aromatic N) is 5. The summed E-state index contributed by atoms with van der Waals surface area (Å²) in [5.41, 5.74) is 3.37. The molecule has 5 rings (SSSR count). The van der Waals surface area contributed by atoms with Crippen LogP contribution in [0, 0.1) is 11.3 Å². The second kappa shape index (κ2) is 9.90. The molecule has 0 amide bonds. The van der Waals surface area contributed by atoms with Gasteiger partial charge in [0.2, 0.25) is 0 Å². The minimum absolute atomic E-state index is 0.408. The highest BCUT2D eigenvalue weighted by atomic mass is 32.2. The topological polar surface area (TPSA) is 77.2 Å². The molecule has 1 aliphatic heterocycles. The monoisotopic (exact) mass is 484 g/mol. The van der Waals surface area contributed by atoms with Crippen molar-refractivity contribution in [3.05, 3.63) is 78.6 Å². The first kappa shape index (κ1) is 23.1. The maximum absolute atomic E-state index is 13.3. The van der Waals surface area contributed by atoms with Gasteiger partial charge < -0.3 is 15.1 Å². The van der Waals surface area contributed by atoms with Crippen LogP contribution in [0.4, 0.5) is 17.2 Å². The van der Waals surface area contributed by atoms with Gasteiger partial charge in [0.05, 0.1) is 16.0 Å². The number of nitriles is 1. The zero-order chi connectivity index (χ0) is 24.4. The molecular weight excluding hydrogens is 456 g/mol. The normalized spacial score (nSPS) is 15.3. The molecule has 178 valence electrons. The van der Waals surface area contributed by atoms with E-state index in [2.05, 4.69) is 64.5 Å². The van der Waals surface area contributed by atoms with E-state index < -0.39 is 11.0 Å². The van der Waals surface area contributed by atoms with Crippen molar-refractivity contribution in [2.75, 3.05) is 37.4 Å². The fraction of sp³-hybridized carbons (Fsp3) is 0.259. The lowest BCUT2D eigenvalue weighted by Crippen LogP contribution is -2.41. The summed E-state index contributed by atoms with van der Waals surface area (Å²) < 4.78 is 15.0. The van der Waals surface area contributed by atoms with Gasteiger partial charge in [-0.3, -0.25) is 3.97 Å². The molecule has 0 radical (unpaired) electrons. The third kappa shape index (κ3) is 4.78. The lowest BCUT2D eigenvalue weighted by atomic mass is 10.0. The van der Waals surface area contributed by atoms with Crippen molar-refractivity contribution in [3.8, 4) is 6.07 Å². The second-order valence-corrected chi connectivity index (χ2v) is 10.3. The zero-order valence-electron chi connectivity index (χ0n) is 19.9. The molecule has 7 nitrogen and oxygen atoms in total. The summed E-state index contributed by atoms with van der Waals surface area (Å²) in [5.74, 6) is 0.669. The predicted molar refractivity (Wildman–Crippen MR) is 141 cm³/mol. The van der Waals surface area contributed by atoms with Gasteiger partial charge in [-0.15, -0.1) is 0 Å². The highest BCUT2D eigenvalue weighted by molar-refractivity contribution is 7.83. The molecule has 1 N–H and O–H groups in total. The van der Waals surface area contributed by atoms with Crippen LogP contribution >= 0.6 is 0 Å². The summed E-state index contributed by atoms with van der Waals surface area (Å²) in [6, 6.07) is 22.0. The van der Waals surface area contributed by atoms with E-state index >= 15 is 0 Å². The first-order chi connectivity index (χ1) is 17.0. The van der Waals surface area contributed by atoms with Crippen molar-refractivity contribution in [1.82, 2.24) is 13.9 Å². The average Bonchev–Trinajstić information content (AvgIpc) is 3.32. The van der Waals surface area contributed by atoms with Crippen LogP contribution < -0.4 is 10.2 Å². The van der Waals surface area contributed by atoms with Crippen LogP contribution in [-0.4, -0.2) is 51.3 Å². The Labute approximate surface area is 208 Å². The van der Waals surface area contributed by atoms with Crippen molar-refractivity contribution in [3.63, 3.8) is 0 Å². The molecule has 0 saturated carbocycles. The van der Waals surface area contributed by atoms with E-state index in [-0.39, 0.29) is 0 Å². The molecule has 1 saturated heterocycles. The molecule has 35 heavy (non-hydrogen) atoms. The molecule has 8 heteroatoms. The van der Waals surface area contributed by atoms with E-state index in [0.717, 1.165) is 29.7 Å². The largest absolute Gasteiger partial charge is 0.371 e. The summed E-state index contributed by atoms with van der Waals surface area (Å²) in [6.07, 6.45) is 5.90. The maximum Gasteiger partial charge on any atom is 0.158 e. The van der Waals surface area contributed by atoms with Crippen LogP contribution in [0.25, 0.3) is 10.9 Å². The number of pyridine rings is 1. The molecule has 2 aromatic heterocycles. The van der Waals surface area contributed by atoms with Crippen molar-refractivity contribution in [2.24, 2.45) is 0 Å². The number of piperidine rings is 1. The molecule has 3 heterocycles. The Morgan fingerprint density at radius 1 is 1.09 bits per heavy atom. The summed E-state index contributed by atoms with van der Waals surface area (Å²) in [7, 11) is 2.78. The van der Waals surface area contributed by atoms with Gasteiger partial charge in [-0.25, -0.2) is 9.19 Å². The highest BCUT2D eigenvalue weighted by Crippen LogP contribution is 2.27. The third-order valence-corrected chi connectivity index (χ3v) is 8.02. The third-order valence-electron chi connectivity index (χ3n) is 6.61.